The number of aliphatic hydroxyl groups excluding tert-OH is 1. The molecule has 0 amide bonds. The summed E-state index contributed by atoms with van der Waals surface area (Å²) in [7, 11) is 2.41. The molecule has 0 bridgehead atoms. The molecule has 6 nitrogen and oxygen atoms in total. The van der Waals surface area contributed by atoms with Crippen molar-refractivity contribution in [3.63, 3.8) is 0 Å². The average molecular weight is 200 g/mol. The summed E-state index contributed by atoms with van der Waals surface area (Å²) < 4.78 is 13.5. The zero-order valence-electron chi connectivity index (χ0n) is 7.57. The van der Waals surface area contributed by atoms with E-state index < -0.39 is 17.7 Å². The maximum atomic E-state index is 10.8. The molecular weight excluding hydrogens is 192 g/mol. The molecule has 0 aromatic heterocycles. The van der Waals surface area contributed by atoms with Crippen molar-refractivity contribution < 1.29 is 28.9 Å². The molecule has 1 heterocycles. The fourth-order valence-electron chi connectivity index (χ4n) is 0.862. The van der Waals surface area contributed by atoms with Gasteiger partial charge in [0.1, 0.15) is 0 Å². The monoisotopic (exact) mass is 200 g/mol. The lowest BCUT2D eigenvalue weighted by Crippen LogP contribution is -2.00. The summed E-state index contributed by atoms with van der Waals surface area (Å²) in [6.07, 6.45) is 0.903. The molecule has 0 radical (unpaired) electrons. The molecule has 6 heteroatoms. The maximum Gasteiger partial charge on any atom is 0.383 e. The standard InChI is InChI=1S/C8H8O6/c1-12-5(9)3-4-7(13-2)6(10)8(11)14-4/h3,10H,1-2H3/b4-3-. The third-order valence-corrected chi connectivity index (χ3v) is 1.49. The molecule has 0 unspecified atom stereocenters. The Morgan fingerprint density at radius 1 is 1.50 bits per heavy atom. The lowest BCUT2D eigenvalue weighted by atomic mass is 10.3. The first-order chi connectivity index (χ1) is 6.60. The first kappa shape index (κ1) is 10.1. The van der Waals surface area contributed by atoms with Gasteiger partial charge in [0.15, 0.2) is 5.76 Å². The summed E-state index contributed by atoms with van der Waals surface area (Å²) in [4.78, 5) is 21.6. The molecule has 14 heavy (non-hydrogen) atoms. The molecule has 1 rings (SSSR count). The van der Waals surface area contributed by atoms with Gasteiger partial charge in [0.05, 0.1) is 20.3 Å². The third kappa shape index (κ3) is 1.68. The van der Waals surface area contributed by atoms with Gasteiger partial charge in [-0.25, -0.2) is 9.59 Å². The number of ether oxygens (including phenoxy) is 3. The summed E-state index contributed by atoms with van der Waals surface area (Å²) in [5.41, 5.74) is 0. The molecule has 0 aromatic carbocycles. The lowest BCUT2D eigenvalue weighted by Gasteiger charge is -2.00. The molecule has 0 spiro atoms. The van der Waals surface area contributed by atoms with E-state index >= 15 is 0 Å². The largest absolute Gasteiger partial charge is 0.499 e. The Hall–Kier alpha value is -1.98. The van der Waals surface area contributed by atoms with Crippen LogP contribution in [0, 0.1) is 0 Å². The maximum absolute atomic E-state index is 10.8. The van der Waals surface area contributed by atoms with Gasteiger partial charge in [0, 0.05) is 0 Å². The molecule has 0 fully saturated rings. The van der Waals surface area contributed by atoms with E-state index in [4.69, 9.17) is 5.11 Å². The molecule has 1 aliphatic rings. The van der Waals surface area contributed by atoms with Crippen LogP contribution in [-0.2, 0) is 23.8 Å². The van der Waals surface area contributed by atoms with E-state index in [0.717, 1.165) is 6.08 Å². The highest BCUT2D eigenvalue weighted by Gasteiger charge is 2.31. The van der Waals surface area contributed by atoms with E-state index in [0.29, 0.717) is 0 Å². The SMILES string of the molecule is COC(=O)/C=C1\OC(=O)C(O)=C1OC. The van der Waals surface area contributed by atoms with Crippen molar-refractivity contribution in [3.05, 3.63) is 23.4 Å². The van der Waals surface area contributed by atoms with Gasteiger partial charge in [-0.2, -0.15) is 0 Å². The van der Waals surface area contributed by atoms with Crippen molar-refractivity contribution in [2.24, 2.45) is 0 Å². The number of carbonyl (C=O) groups is 2. The van der Waals surface area contributed by atoms with Gasteiger partial charge in [0.25, 0.3) is 0 Å². The van der Waals surface area contributed by atoms with E-state index in [1.54, 1.807) is 0 Å². The molecular formula is C8H8O6. The first-order valence-corrected chi connectivity index (χ1v) is 3.59. The quantitative estimate of drug-likeness (QED) is 0.499. The lowest BCUT2D eigenvalue weighted by molar-refractivity contribution is -0.136. The number of esters is 2. The zero-order valence-corrected chi connectivity index (χ0v) is 7.57. The average Bonchev–Trinajstić information content (AvgIpc) is 2.42. The van der Waals surface area contributed by atoms with Gasteiger partial charge in [-0.05, 0) is 0 Å². The van der Waals surface area contributed by atoms with Crippen molar-refractivity contribution in [1.82, 2.24) is 0 Å². The normalized spacial score (nSPS) is 18.4. The minimum absolute atomic E-state index is 0.165. The molecule has 0 aliphatic carbocycles. The Kier molecular flexibility index (Phi) is 2.76. The van der Waals surface area contributed by atoms with Gasteiger partial charge in [-0.1, -0.05) is 0 Å². The number of rotatable bonds is 2. The van der Waals surface area contributed by atoms with Crippen LogP contribution in [-0.4, -0.2) is 31.3 Å². The van der Waals surface area contributed by atoms with Crippen LogP contribution in [0.5, 0.6) is 0 Å². The minimum Gasteiger partial charge on any atom is -0.499 e. The van der Waals surface area contributed by atoms with Gasteiger partial charge in [-0.3, -0.25) is 0 Å². The topological polar surface area (TPSA) is 82.1 Å². The van der Waals surface area contributed by atoms with Crippen LogP contribution in [0.4, 0.5) is 0 Å². The van der Waals surface area contributed by atoms with Crippen LogP contribution in [0.1, 0.15) is 0 Å². The van der Waals surface area contributed by atoms with Gasteiger partial charge >= 0.3 is 11.9 Å². The molecule has 0 atom stereocenters. The zero-order chi connectivity index (χ0) is 10.7. The molecule has 0 saturated carbocycles. The van der Waals surface area contributed by atoms with Crippen LogP contribution >= 0.6 is 0 Å². The van der Waals surface area contributed by atoms with E-state index in [9.17, 15) is 9.59 Å². The van der Waals surface area contributed by atoms with E-state index in [1.165, 1.54) is 14.2 Å². The van der Waals surface area contributed by atoms with Crippen molar-refractivity contribution in [1.29, 1.82) is 0 Å². The highest BCUT2D eigenvalue weighted by atomic mass is 16.6. The number of aliphatic hydroxyl groups is 1. The third-order valence-electron chi connectivity index (χ3n) is 1.49. The van der Waals surface area contributed by atoms with Crippen molar-refractivity contribution in [2.45, 2.75) is 0 Å². The number of carbonyl (C=O) groups excluding carboxylic acids is 2. The van der Waals surface area contributed by atoms with Crippen molar-refractivity contribution in [2.75, 3.05) is 14.2 Å². The molecule has 0 aromatic rings. The van der Waals surface area contributed by atoms with Crippen LogP contribution in [0.3, 0.4) is 0 Å². The van der Waals surface area contributed by atoms with Gasteiger partial charge in [-0.15, -0.1) is 0 Å². The Bertz CT molecular complexity index is 338. The summed E-state index contributed by atoms with van der Waals surface area (Å²) in [5.74, 6) is -2.68. The fourth-order valence-corrected chi connectivity index (χ4v) is 0.862. The predicted octanol–water partition coefficient (Wildman–Crippen LogP) is 0.0161. The summed E-state index contributed by atoms with van der Waals surface area (Å²) in [5, 5.41) is 9.10. The van der Waals surface area contributed by atoms with Gasteiger partial charge in [0.2, 0.25) is 11.5 Å². The van der Waals surface area contributed by atoms with Crippen LogP contribution in [0.2, 0.25) is 0 Å². The number of hydrogen-bond acceptors (Lipinski definition) is 6. The second kappa shape index (κ2) is 3.82. The summed E-state index contributed by atoms with van der Waals surface area (Å²) >= 11 is 0. The number of cyclic esters (lactones) is 1. The molecule has 1 N–H and O–H groups in total. The molecule has 0 saturated heterocycles. The second-order valence-corrected chi connectivity index (χ2v) is 2.30. The Labute approximate surface area is 79.4 Å². The van der Waals surface area contributed by atoms with E-state index in [-0.39, 0.29) is 11.5 Å². The predicted molar refractivity (Wildman–Crippen MR) is 42.9 cm³/mol. The van der Waals surface area contributed by atoms with Gasteiger partial charge < -0.3 is 19.3 Å². The Morgan fingerprint density at radius 3 is 2.64 bits per heavy atom. The first-order valence-electron chi connectivity index (χ1n) is 3.59. The summed E-state index contributed by atoms with van der Waals surface area (Å²) in [6, 6.07) is 0. The minimum atomic E-state index is -0.961. The van der Waals surface area contributed by atoms with E-state index in [2.05, 4.69) is 14.2 Å². The molecule has 1 aliphatic heterocycles. The fraction of sp³-hybridized carbons (Fsp3) is 0.250. The Morgan fingerprint density at radius 2 is 2.14 bits per heavy atom. The summed E-state index contributed by atoms with van der Waals surface area (Å²) in [6.45, 7) is 0. The number of hydrogen-bond donors (Lipinski definition) is 1. The van der Waals surface area contributed by atoms with Crippen LogP contribution < -0.4 is 0 Å². The second-order valence-electron chi connectivity index (χ2n) is 2.30. The van der Waals surface area contributed by atoms with Crippen molar-refractivity contribution >= 4 is 11.9 Å². The smallest absolute Gasteiger partial charge is 0.383 e. The van der Waals surface area contributed by atoms with Crippen molar-refractivity contribution in [3.8, 4) is 0 Å². The Balaban J connectivity index is 3.00. The van der Waals surface area contributed by atoms with Crippen LogP contribution in [0.15, 0.2) is 23.4 Å². The van der Waals surface area contributed by atoms with Crippen LogP contribution in [0.25, 0.3) is 0 Å². The number of methoxy groups -OCH3 is 2. The molecule has 76 valence electrons. The van der Waals surface area contributed by atoms with E-state index in [1.807, 2.05) is 0 Å². The highest BCUT2D eigenvalue weighted by Crippen LogP contribution is 2.24. The highest BCUT2D eigenvalue weighted by molar-refractivity contribution is 5.93.